The quantitative estimate of drug-likeness (QED) is 0.765. The van der Waals surface area contributed by atoms with Crippen LogP contribution in [-0.4, -0.2) is 49.2 Å². The molecule has 5 nitrogen and oxygen atoms in total. The van der Waals surface area contributed by atoms with Crippen LogP contribution in [0.25, 0.3) is 0 Å². The molecule has 0 bridgehead atoms. The van der Waals surface area contributed by atoms with Gasteiger partial charge in [0.25, 0.3) is 0 Å². The van der Waals surface area contributed by atoms with E-state index < -0.39 is 10.0 Å². The molecule has 0 fully saturated rings. The second-order valence-electron chi connectivity index (χ2n) is 4.23. The maximum Gasteiger partial charge on any atom is 0.244 e. The Balaban J connectivity index is 3.18. The fraction of sp³-hybridized carbons (Fsp3) is 0.429. The van der Waals surface area contributed by atoms with Crippen molar-refractivity contribution in [1.82, 2.24) is 4.31 Å². The molecule has 0 amide bonds. The topological polar surface area (TPSA) is 77.8 Å². The van der Waals surface area contributed by atoms with E-state index in [4.69, 9.17) is 21.8 Å². The molecule has 0 atom stereocenters. The molecule has 0 aliphatic rings. The van der Waals surface area contributed by atoms with Crippen LogP contribution in [0, 0.1) is 11.8 Å². The van der Waals surface area contributed by atoms with E-state index in [0.717, 1.165) is 0 Å². The van der Waals surface area contributed by atoms with Gasteiger partial charge in [-0.15, -0.1) is 0 Å². The van der Waals surface area contributed by atoms with E-state index in [1.54, 1.807) is 0 Å². The molecule has 0 heterocycles. The second-order valence-corrected chi connectivity index (χ2v) is 6.55. The lowest BCUT2D eigenvalue weighted by Gasteiger charge is -2.21. The van der Waals surface area contributed by atoms with E-state index in [1.165, 1.54) is 22.5 Å². The van der Waals surface area contributed by atoms with E-state index in [2.05, 4.69) is 11.8 Å². The number of sulfonamides is 1. The molecule has 1 aromatic rings. The van der Waals surface area contributed by atoms with Crippen molar-refractivity contribution < 1.29 is 18.6 Å². The fourth-order valence-electron chi connectivity index (χ4n) is 1.78. The predicted octanol–water partition coefficient (Wildman–Crippen LogP) is 1.08. The highest BCUT2D eigenvalue weighted by atomic mass is 35.5. The fourth-order valence-corrected chi connectivity index (χ4v) is 3.82. The summed E-state index contributed by atoms with van der Waals surface area (Å²) in [4.78, 5) is -0.0133. The third-order valence-electron chi connectivity index (χ3n) is 2.68. The van der Waals surface area contributed by atoms with Crippen molar-refractivity contribution in [2.24, 2.45) is 0 Å². The van der Waals surface area contributed by atoms with E-state index >= 15 is 0 Å². The molecular formula is C14H18ClNO4S. The van der Waals surface area contributed by atoms with Crippen molar-refractivity contribution in [2.45, 2.75) is 18.2 Å². The van der Waals surface area contributed by atoms with Crippen LogP contribution in [0.1, 0.15) is 18.9 Å². The Morgan fingerprint density at radius 1 is 1.29 bits per heavy atom. The van der Waals surface area contributed by atoms with Crippen LogP contribution in [0.2, 0.25) is 5.02 Å². The number of aliphatic hydroxyl groups excluding tert-OH is 2. The summed E-state index contributed by atoms with van der Waals surface area (Å²) in [5.74, 6) is 5.13. The van der Waals surface area contributed by atoms with Crippen LogP contribution in [0.3, 0.4) is 0 Å². The van der Waals surface area contributed by atoms with Gasteiger partial charge < -0.3 is 10.2 Å². The monoisotopic (exact) mass is 331 g/mol. The van der Waals surface area contributed by atoms with Gasteiger partial charge in [-0.25, -0.2) is 8.42 Å². The van der Waals surface area contributed by atoms with Crippen molar-refractivity contribution in [1.29, 1.82) is 0 Å². The summed E-state index contributed by atoms with van der Waals surface area (Å²) in [6, 6.07) is 4.36. The van der Waals surface area contributed by atoms with Gasteiger partial charge in [-0.05, 0) is 24.6 Å². The van der Waals surface area contributed by atoms with Gasteiger partial charge in [0.05, 0.1) is 11.6 Å². The van der Waals surface area contributed by atoms with Crippen LogP contribution >= 0.6 is 11.6 Å². The van der Waals surface area contributed by atoms with Gasteiger partial charge in [0.15, 0.2) is 0 Å². The Morgan fingerprint density at radius 2 is 2.00 bits per heavy atom. The van der Waals surface area contributed by atoms with Crippen LogP contribution in [0.4, 0.5) is 0 Å². The number of nitrogens with zero attached hydrogens (tertiary/aromatic N) is 1. The van der Waals surface area contributed by atoms with E-state index in [1.807, 2.05) is 6.92 Å². The molecular weight excluding hydrogens is 314 g/mol. The predicted molar refractivity (Wildman–Crippen MR) is 81.6 cm³/mol. The molecule has 1 rings (SSSR count). The van der Waals surface area contributed by atoms with Crippen LogP contribution in [0.15, 0.2) is 23.1 Å². The minimum Gasteiger partial charge on any atom is -0.395 e. The minimum atomic E-state index is -3.75. The van der Waals surface area contributed by atoms with Crippen molar-refractivity contribution >= 4 is 21.6 Å². The summed E-state index contributed by atoms with van der Waals surface area (Å²) in [6.45, 7) is 1.66. The summed E-state index contributed by atoms with van der Waals surface area (Å²) in [5.41, 5.74) is 0.525. The van der Waals surface area contributed by atoms with Crippen molar-refractivity contribution in [2.75, 3.05) is 26.3 Å². The van der Waals surface area contributed by atoms with Gasteiger partial charge in [0.1, 0.15) is 11.5 Å². The molecule has 1 aromatic carbocycles. The Bertz CT molecular complexity index is 628. The van der Waals surface area contributed by atoms with Gasteiger partial charge >= 0.3 is 0 Å². The smallest absolute Gasteiger partial charge is 0.244 e. The van der Waals surface area contributed by atoms with Gasteiger partial charge in [-0.3, -0.25) is 0 Å². The molecule has 21 heavy (non-hydrogen) atoms. The molecule has 2 N–H and O–H groups in total. The molecule has 0 spiro atoms. The van der Waals surface area contributed by atoms with Crippen molar-refractivity contribution in [3.63, 3.8) is 0 Å². The lowest BCUT2D eigenvalue weighted by molar-refractivity contribution is 0.253. The van der Waals surface area contributed by atoms with Gasteiger partial charge in [-0.2, -0.15) is 4.31 Å². The van der Waals surface area contributed by atoms with Gasteiger partial charge in [0, 0.05) is 18.7 Å². The lowest BCUT2D eigenvalue weighted by atomic mass is 10.2. The van der Waals surface area contributed by atoms with Crippen molar-refractivity contribution in [3.8, 4) is 11.8 Å². The first-order valence-corrected chi connectivity index (χ1v) is 8.29. The highest BCUT2D eigenvalue weighted by Crippen LogP contribution is 2.25. The Kier molecular flexibility index (Phi) is 7.15. The number of rotatable bonds is 6. The normalized spacial score (nSPS) is 11.3. The molecule has 0 saturated carbocycles. The number of benzene rings is 1. The molecule has 7 heteroatoms. The van der Waals surface area contributed by atoms with E-state index in [0.29, 0.717) is 18.5 Å². The summed E-state index contributed by atoms with van der Waals surface area (Å²) in [6.07, 6.45) is 0.636. The summed E-state index contributed by atoms with van der Waals surface area (Å²) >= 11 is 6.04. The summed E-state index contributed by atoms with van der Waals surface area (Å²) in [7, 11) is -3.75. The zero-order chi connectivity index (χ0) is 15.9. The number of halogens is 1. The third-order valence-corrected chi connectivity index (χ3v) is 5.07. The first-order valence-electron chi connectivity index (χ1n) is 6.47. The minimum absolute atomic E-state index is 0.0133. The van der Waals surface area contributed by atoms with E-state index in [9.17, 15) is 8.42 Å². The highest BCUT2D eigenvalue weighted by molar-refractivity contribution is 7.89. The standard InChI is InChI=1S/C14H18ClNO4S/c1-2-7-16(8-10-18)21(19,20)14-6-5-12(4-3-9-17)11-13(14)15/h5-6,11,17-18H,2,7-10H2,1H3. The third kappa shape index (κ3) is 4.70. The van der Waals surface area contributed by atoms with E-state index in [-0.39, 0.29) is 29.7 Å². The Morgan fingerprint density at radius 3 is 2.52 bits per heavy atom. The van der Waals surface area contributed by atoms with Gasteiger partial charge in [-0.1, -0.05) is 30.4 Å². The highest BCUT2D eigenvalue weighted by Gasteiger charge is 2.25. The van der Waals surface area contributed by atoms with Crippen molar-refractivity contribution in [3.05, 3.63) is 28.8 Å². The molecule has 0 radical (unpaired) electrons. The SMILES string of the molecule is CCCN(CCO)S(=O)(=O)c1ccc(C#CCO)cc1Cl. The maximum atomic E-state index is 12.5. The molecule has 0 aliphatic heterocycles. The van der Waals surface area contributed by atoms with Crippen LogP contribution < -0.4 is 0 Å². The first-order chi connectivity index (χ1) is 9.97. The molecule has 0 unspecified atom stereocenters. The zero-order valence-corrected chi connectivity index (χ0v) is 13.3. The first kappa shape index (κ1) is 18.0. The number of hydrogen-bond donors (Lipinski definition) is 2. The average molecular weight is 332 g/mol. The summed E-state index contributed by atoms with van der Waals surface area (Å²) < 4.78 is 26.2. The molecule has 116 valence electrons. The Hall–Kier alpha value is -1.10. The molecule has 0 saturated heterocycles. The van der Waals surface area contributed by atoms with Crippen LogP contribution in [-0.2, 0) is 10.0 Å². The zero-order valence-electron chi connectivity index (χ0n) is 11.7. The average Bonchev–Trinajstić information content (AvgIpc) is 2.44. The molecule has 0 aliphatic carbocycles. The lowest BCUT2D eigenvalue weighted by Crippen LogP contribution is -2.34. The molecule has 0 aromatic heterocycles. The maximum absolute atomic E-state index is 12.5. The Labute approximate surface area is 130 Å². The summed E-state index contributed by atoms with van der Waals surface area (Å²) in [5, 5.41) is 17.7. The largest absolute Gasteiger partial charge is 0.395 e. The number of aliphatic hydroxyl groups is 2. The van der Waals surface area contributed by atoms with Crippen LogP contribution in [0.5, 0.6) is 0 Å². The second kappa shape index (κ2) is 8.37. The van der Waals surface area contributed by atoms with Gasteiger partial charge in [0.2, 0.25) is 10.0 Å². The number of hydrogen-bond acceptors (Lipinski definition) is 4.